The molecule has 1 N–H and O–H groups in total. The minimum Gasteiger partial charge on any atom is -0.360 e. The molecule has 0 atom stereocenters. The summed E-state index contributed by atoms with van der Waals surface area (Å²) in [5.74, 6) is 0.282. The SMILES string of the molecule is Cc1cc(NC(=O)Cn2c(=O)/c(=C/c3cccs3)s/c2=C/C(=O)C(C)(C)C)no1. The van der Waals surface area contributed by atoms with Gasteiger partial charge in [0.25, 0.3) is 5.56 Å². The molecule has 0 aliphatic carbocycles. The van der Waals surface area contributed by atoms with E-state index in [1.807, 2.05) is 17.5 Å². The molecule has 0 spiro atoms. The molecule has 3 aromatic rings. The van der Waals surface area contributed by atoms with Crippen LogP contribution in [0.25, 0.3) is 12.2 Å². The molecule has 0 bridgehead atoms. The topological polar surface area (TPSA) is 94.2 Å². The standard InChI is InChI=1S/C20H21N3O4S2/c1-12-8-16(22-27-12)21-17(25)11-23-18(10-15(24)20(2,3)4)29-14(19(23)26)9-13-6-5-7-28-13/h5-10H,11H2,1-4H3,(H,21,22,25)/b14-9-,18-10+. The second-order valence-electron chi connectivity index (χ2n) is 7.49. The van der Waals surface area contributed by atoms with Crippen molar-refractivity contribution in [2.24, 2.45) is 5.41 Å². The molecule has 3 heterocycles. The Kier molecular flexibility index (Phi) is 5.99. The Morgan fingerprint density at radius 1 is 1.34 bits per heavy atom. The third-order valence-electron chi connectivity index (χ3n) is 3.94. The van der Waals surface area contributed by atoms with Crippen LogP contribution in [-0.4, -0.2) is 21.4 Å². The zero-order valence-corrected chi connectivity index (χ0v) is 18.1. The highest BCUT2D eigenvalue weighted by atomic mass is 32.1. The number of amides is 1. The van der Waals surface area contributed by atoms with E-state index in [2.05, 4.69) is 10.5 Å². The number of nitrogens with one attached hydrogen (secondary N) is 1. The maximum absolute atomic E-state index is 12.9. The van der Waals surface area contributed by atoms with Crippen molar-refractivity contribution in [1.82, 2.24) is 9.72 Å². The molecule has 9 heteroatoms. The van der Waals surface area contributed by atoms with Crippen molar-refractivity contribution < 1.29 is 14.1 Å². The fourth-order valence-corrected chi connectivity index (χ4v) is 4.14. The van der Waals surface area contributed by atoms with Crippen LogP contribution in [0.15, 0.2) is 32.9 Å². The molecule has 0 aliphatic rings. The molecule has 152 valence electrons. The molecule has 7 nitrogen and oxygen atoms in total. The van der Waals surface area contributed by atoms with Crippen molar-refractivity contribution in [1.29, 1.82) is 0 Å². The van der Waals surface area contributed by atoms with E-state index in [4.69, 9.17) is 4.52 Å². The summed E-state index contributed by atoms with van der Waals surface area (Å²) < 4.78 is 7.14. The number of Topliss-reactive ketones (excluding diaryl/α,β-unsaturated/α-hetero) is 1. The number of ketones is 1. The van der Waals surface area contributed by atoms with E-state index in [1.54, 1.807) is 39.8 Å². The van der Waals surface area contributed by atoms with Crippen LogP contribution in [0.1, 0.15) is 31.4 Å². The largest absolute Gasteiger partial charge is 0.360 e. The summed E-state index contributed by atoms with van der Waals surface area (Å²) in [6.45, 7) is 6.90. The van der Waals surface area contributed by atoms with Gasteiger partial charge in [-0.2, -0.15) is 0 Å². The minimum atomic E-state index is -0.594. The highest BCUT2D eigenvalue weighted by Gasteiger charge is 2.20. The lowest BCUT2D eigenvalue weighted by molar-refractivity contribution is -0.120. The average Bonchev–Trinajstić information content (AvgIpc) is 3.33. The van der Waals surface area contributed by atoms with Gasteiger partial charge in [-0.1, -0.05) is 32.0 Å². The first-order chi connectivity index (χ1) is 13.6. The monoisotopic (exact) mass is 431 g/mol. The fraction of sp³-hybridized carbons (Fsp3) is 0.300. The fourth-order valence-electron chi connectivity index (χ4n) is 2.38. The van der Waals surface area contributed by atoms with Crippen molar-refractivity contribution >= 4 is 52.3 Å². The Bertz CT molecular complexity index is 1210. The lowest BCUT2D eigenvalue weighted by Gasteiger charge is -2.12. The zero-order chi connectivity index (χ0) is 21.2. The maximum Gasteiger partial charge on any atom is 0.269 e. The van der Waals surface area contributed by atoms with Crippen LogP contribution in [0, 0.1) is 12.3 Å². The molecule has 0 unspecified atom stereocenters. The van der Waals surface area contributed by atoms with E-state index in [9.17, 15) is 14.4 Å². The first-order valence-electron chi connectivity index (χ1n) is 8.88. The Morgan fingerprint density at radius 3 is 2.69 bits per heavy atom. The number of carbonyl (C=O) groups excluding carboxylic acids is 2. The number of carbonyl (C=O) groups is 2. The summed E-state index contributed by atoms with van der Waals surface area (Å²) in [5.41, 5.74) is -0.911. The van der Waals surface area contributed by atoms with Crippen LogP contribution in [-0.2, 0) is 16.1 Å². The third kappa shape index (κ3) is 5.18. The number of hydrogen-bond acceptors (Lipinski definition) is 7. The van der Waals surface area contributed by atoms with Crippen LogP contribution >= 0.6 is 22.7 Å². The van der Waals surface area contributed by atoms with Crippen LogP contribution < -0.4 is 20.1 Å². The van der Waals surface area contributed by atoms with Crippen LogP contribution in [0.3, 0.4) is 0 Å². The van der Waals surface area contributed by atoms with Gasteiger partial charge in [0.2, 0.25) is 5.91 Å². The molecule has 0 saturated heterocycles. The Morgan fingerprint density at radius 2 is 2.10 bits per heavy atom. The Hall–Kier alpha value is -2.78. The molecule has 1 amide bonds. The first kappa shape index (κ1) is 20.9. The molecule has 0 aliphatic heterocycles. The lowest BCUT2D eigenvalue weighted by atomic mass is 9.91. The smallest absolute Gasteiger partial charge is 0.269 e. The summed E-state index contributed by atoms with van der Waals surface area (Å²) in [7, 11) is 0. The number of aromatic nitrogens is 2. The van der Waals surface area contributed by atoms with Crippen molar-refractivity contribution in [2.45, 2.75) is 34.2 Å². The third-order valence-corrected chi connectivity index (χ3v) is 5.82. The number of rotatable bonds is 5. The minimum absolute atomic E-state index is 0.122. The summed E-state index contributed by atoms with van der Waals surface area (Å²) in [5, 5.41) is 8.24. The number of nitrogens with zero attached hydrogens (tertiary/aromatic N) is 2. The van der Waals surface area contributed by atoms with Crippen molar-refractivity contribution in [3.8, 4) is 0 Å². The van der Waals surface area contributed by atoms with E-state index in [0.29, 0.717) is 15.0 Å². The van der Waals surface area contributed by atoms with Gasteiger partial charge >= 0.3 is 0 Å². The highest BCUT2D eigenvalue weighted by Crippen LogP contribution is 2.15. The van der Waals surface area contributed by atoms with Crippen molar-refractivity contribution in [3.05, 3.63) is 53.8 Å². The number of anilines is 1. The second-order valence-corrected chi connectivity index (χ2v) is 9.53. The van der Waals surface area contributed by atoms with Crippen molar-refractivity contribution in [3.63, 3.8) is 0 Å². The van der Waals surface area contributed by atoms with E-state index >= 15 is 0 Å². The Labute approximate surface area is 175 Å². The number of aryl methyl sites for hydroxylation is 1. The highest BCUT2D eigenvalue weighted by molar-refractivity contribution is 7.11. The first-order valence-corrected chi connectivity index (χ1v) is 10.6. The molecule has 3 rings (SSSR count). The van der Waals surface area contributed by atoms with E-state index in [1.165, 1.54) is 33.3 Å². The van der Waals surface area contributed by atoms with Gasteiger partial charge in [-0.25, -0.2) is 0 Å². The van der Waals surface area contributed by atoms with Crippen LogP contribution in [0.2, 0.25) is 0 Å². The summed E-state index contributed by atoms with van der Waals surface area (Å²) in [6.07, 6.45) is 3.21. The van der Waals surface area contributed by atoms with Gasteiger partial charge < -0.3 is 9.84 Å². The second kappa shape index (κ2) is 8.30. The van der Waals surface area contributed by atoms with Gasteiger partial charge in [0.05, 0.1) is 4.53 Å². The van der Waals surface area contributed by atoms with Gasteiger partial charge in [-0.05, 0) is 24.4 Å². The summed E-state index contributed by atoms with van der Waals surface area (Å²) in [6, 6.07) is 5.38. The predicted octanol–water partition coefficient (Wildman–Crippen LogP) is 2.13. The molecular weight excluding hydrogens is 410 g/mol. The molecule has 0 saturated carbocycles. The normalized spacial score (nSPS) is 13.1. The van der Waals surface area contributed by atoms with Crippen LogP contribution in [0.4, 0.5) is 5.82 Å². The zero-order valence-electron chi connectivity index (χ0n) is 16.5. The van der Waals surface area contributed by atoms with Gasteiger partial charge in [0.15, 0.2) is 11.6 Å². The molecular formula is C20H21N3O4S2. The quantitative estimate of drug-likeness (QED) is 0.668. The molecule has 29 heavy (non-hydrogen) atoms. The molecule has 3 aromatic heterocycles. The molecule has 0 radical (unpaired) electrons. The maximum atomic E-state index is 12.9. The van der Waals surface area contributed by atoms with Gasteiger partial charge in [-0.3, -0.25) is 19.0 Å². The average molecular weight is 432 g/mol. The van der Waals surface area contributed by atoms with Gasteiger partial charge in [-0.15, -0.1) is 22.7 Å². The summed E-state index contributed by atoms with van der Waals surface area (Å²) >= 11 is 2.70. The van der Waals surface area contributed by atoms with E-state index < -0.39 is 11.3 Å². The van der Waals surface area contributed by atoms with Gasteiger partial charge in [0, 0.05) is 22.4 Å². The lowest BCUT2D eigenvalue weighted by Crippen LogP contribution is -2.36. The molecule has 0 fully saturated rings. The van der Waals surface area contributed by atoms with E-state index in [-0.39, 0.29) is 23.7 Å². The number of hydrogen-bond donors (Lipinski definition) is 1. The summed E-state index contributed by atoms with van der Waals surface area (Å²) in [4.78, 5) is 38.8. The number of thiazole rings is 1. The molecule has 0 aromatic carbocycles. The Balaban J connectivity index is 2.02. The number of thiophene rings is 1. The predicted molar refractivity (Wildman–Crippen MR) is 115 cm³/mol. The van der Waals surface area contributed by atoms with Crippen molar-refractivity contribution in [2.75, 3.05) is 5.32 Å². The van der Waals surface area contributed by atoms with Crippen LogP contribution in [0.5, 0.6) is 0 Å². The van der Waals surface area contributed by atoms with E-state index in [0.717, 1.165) is 4.88 Å². The van der Waals surface area contributed by atoms with Gasteiger partial charge in [0.1, 0.15) is 17.0 Å².